The molecule has 3 aromatic rings. The van der Waals surface area contributed by atoms with Crippen LogP contribution in [0.3, 0.4) is 0 Å². The fourth-order valence-electron chi connectivity index (χ4n) is 4.92. The summed E-state index contributed by atoms with van der Waals surface area (Å²) in [7, 11) is 0. The van der Waals surface area contributed by atoms with E-state index in [2.05, 4.69) is 65.8 Å². The number of carboxylic acid groups (broad SMARTS) is 1. The van der Waals surface area contributed by atoms with Gasteiger partial charge in [0, 0.05) is 0 Å². The third kappa shape index (κ3) is 5.90. The Morgan fingerprint density at radius 1 is 0.818 bits per heavy atom. The normalized spacial score (nSPS) is 14.8. The van der Waals surface area contributed by atoms with E-state index >= 15 is 0 Å². The molecular formula is C31H34O2. The number of carboxylic acids is 1. The van der Waals surface area contributed by atoms with E-state index in [-0.39, 0.29) is 5.41 Å². The van der Waals surface area contributed by atoms with Crippen molar-refractivity contribution in [3.63, 3.8) is 0 Å². The molecule has 33 heavy (non-hydrogen) atoms. The molecule has 0 radical (unpaired) electrons. The molecule has 0 aromatic heterocycles. The van der Waals surface area contributed by atoms with E-state index < -0.39 is 5.97 Å². The SMILES string of the molecule is CC1=CC(C)=C(c2ccc(C)cc2C)C(C)(C)C1.O=C(O)c1ccc(-c2ccccc2)cc1. The molecule has 1 aliphatic rings. The Labute approximate surface area is 198 Å². The lowest BCUT2D eigenvalue weighted by Gasteiger charge is -2.35. The highest BCUT2D eigenvalue weighted by Crippen LogP contribution is 2.46. The van der Waals surface area contributed by atoms with E-state index in [1.54, 1.807) is 12.1 Å². The molecule has 0 spiro atoms. The van der Waals surface area contributed by atoms with Gasteiger partial charge in [-0.15, -0.1) is 0 Å². The van der Waals surface area contributed by atoms with Gasteiger partial charge in [-0.3, -0.25) is 0 Å². The van der Waals surface area contributed by atoms with Crippen molar-refractivity contribution in [2.45, 2.75) is 48.0 Å². The summed E-state index contributed by atoms with van der Waals surface area (Å²) < 4.78 is 0. The van der Waals surface area contributed by atoms with Crippen LogP contribution in [0.5, 0.6) is 0 Å². The monoisotopic (exact) mass is 438 g/mol. The summed E-state index contributed by atoms with van der Waals surface area (Å²) in [6, 6.07) is 23.5. The fourth-order valence-corrected chi connectivity index (χ4v) is 4.92. The van der Waals surface area contributed by atoms with Crippen molar-refractivity contribution in [2.24, 2.45) is 5.41 Å². The van der Waals surface area contributed by atoms with Crippen LogP contribution in [0.2, 0.25) is 0 Å². The molecule has 0 saturated heterocycles. The lowest BCUT2D eigenvalue weighted by Crippen LogP contribution is -2.19. The molecule has 1 aliphatic carbocycles. The van der Waals surface area contributed by atoms with Gasteiger partial charge in [-0.05, 0) is 85.1 Å². The number of hydrogen-bond acceptors (Lipinski definition) is 1. The molecule has 4 rings (SSSR count). The largest absolute Gasteiger partial charge is 0.478 e. The van der Waals surface area contributed by atoms with Crippen LogP contribution >= 0.6 is 0 Å². The number of aryl methyl sites for hydroxylation is 2. The molecule has 0 amide bonds. The first kappa shape index (κ1) is 24.3. The third-order valence-corrected chi connectivity index (χ3v) is 6.15. The van der Waals surface area contributed by atoms with Crippen molar-refractivity contribution in [3.8, 4) is 11.1 Å². The van der Waals surface area contributed by atoms with Gasteiger partial charge < -0.3 is 5.11 Å². The Bertz CT molecular complexity index is 1190. The van der Waals surface area contributed by atoms with Gasteiger partial charge in [0.25, 0.3) is 0 Å². The summed E-state index contributed by atoms with van der Waals surface area (Å²) in [5.74, 6) is -0.894. The Balaban J connectivity index is 0.000000189. The van der Waals surface area contributed by atoms with Crippen LogP contribution in [0.25, 0.3) is 16.7 Å². The van der Waals surface area contributed by atoms with Gasteiger partial charge >= 0.3 is 5.97 Å². The van der Waals surface area contributed by atoms with Crippen LogP contribution in [-0.4, -0.2) is 11.1 Å². The van der Waals surface area contributed by atoms with Crippen molar-refractivity contribution in [2.75, 3.05) is 0 Å². The molecule has 170 valence electrons. The molecule has 3 aromatic carbocycles. The van der Waals surface area contributed by atoms with E-state index in [9.17, 15) is 4.79 Å². The predicted molar refractivity (Wildman–Crippen MR) is 140 cm³/mol. The van der Waals surface area contributed by atoms with Crippen molar-refractivity contribution < 1.29 is 9.90 Å². The molecule has 0 fully saturated rings. The summed E-state index contributed by atoms with van der Waals surface area (Å²) in [6.45, 7) is 13.6. The second kappa shape index (κ2) is 10.0. The van der Waals surface area contributed by atoms with Crippen LogP contribution in [0.15, 0.2) is 90.0 Å². The molecule has 0 bridgehead atoms. The third-order valence-electron chi connectivity index (χ3n) is 6.15. The van der Waals surface area contributed by atoms with E-state index in [0.717, 1.165) is 17.5 Å². The van der Waals surface area contributed by atoms with Crippen LogP contribution < -0.4 is 0 Å². The van der Waals surface area contributed by atoms with Crippen LogP contribution in [-0.2, 0) is 0 Å². The molecular weight excluding hydrogens is 404 g/mol. The summed E-state index contributed by atoms with van der Waals surface area (Å²) in [6.07, 6.45) is 3.51. The molecule has 1 N–H and O–H groups in total. The first-order valence-corrected chi connectivity index (χ1v) is 11.4. The van der Waals surface area contributed by atoms with E-state index in [1.807, 2.05) is 42.5 Å². The molecule has 2 heteroatoms. The molecule has 0 atom stereocenters. The standard InChI is InChI=1S/C18H24.C13H10O2/c1-12-7-8-16(14(3)9-12)17-15(4)10-13(2)11-18(17,5)6;14-13(15)12-8-6-11(7-9-12)10-4-2-1-3-5-10/h7-10H,11H2,1-6H3;1-9H,(H,14,15). The van der Waals surface area contributed by atoms with Gasteiger partial charge in [0.05, 0.1) is 5.56 Å². The number of allylic oxidation sites excluding steroid dienone is 4. The minimum Gasteiger partial charge on any atom is -0.478 e. The number of rotatable bonds is 3. The fraction of sp³-hybridized carbons (Fsp3) is 0.258. The minimum absolute atomic E-state index is 0.239. The maximum atomic E-state index is 10.6. The van der Waals surface area contributed by atoms with Crippen molar-refractivity contribution >= 4 is 11.5 Å². The predicted octanol–water partition coefficient (Wildman–Crippen LogP) is 8.50. The van der Waals surface area contributed by atoms with E-state index in [4.69, 9.17) is 5.11 Å². The second-order valence-electron chi connectivity index (χ2n) is 9.68. The number of aromatic carboxylic acids is 1. The van der Waals surface area contributed by atoms with Gasteiger partial charge in [-0.2, -0.15) is 0 Å². The molecule has 0 unspecified atom stereocenters. The smallest absolute Gasteiger partial charge is 0.335 e. The Hall–Kier alpha value is -3.39. The highest BCUT2D eigenvalue weighted by Gasteiger charge is 2.29. The zero-order valence-corrected chi connectivity index (χ0v) is 20.6. The Morgan fingerprint density at radius 3 is 1.97 bits per heavy atom. The maximum Gasteiger partial charge on any atom is 0.335 e. The zero-order chi connectivity index (χ0) is 24.2. The highest BCUT2D eigenvalue weighted by atomic mass is 16.4. The summed E-state index contributed by atoms with van der Waals surface area (Å²) >= 11 is 0. The average molecular weight is 439 g/mol. The second-order valence-corrected chi connectivity index (χ2v) is 9.68. The molecule has 2 nitrogen and oxygen atoms in total. The van der Waals surface area contributed by atoms with Gasteiger partial charge in [0.2, 0.25) is 0 Å². The number of hydrogen-bond donors (Lipinski definition) is 1. The van der Waals surface area contributed by atoms with Gasteiger partial charge in [0.15, 0.2) is 0 Å². The Kier molecular flexibility index (Phi) is 7.38. The van der Waals surface area contributed by atoms with Gasteiger partial charge in [0.1, 0.15) is 0 Å². The molecule has 0 aliphatic heterocycles. The van der Waals surface area contributed by atoms with Gasteiger partial charge in [-0.1, -0.05) is 91.7 Å². The molecule has 0 saturated carbocycles. The van der Waals surface area contributed by atoms with E-state index in [0.29, 0.717) is 5.56 Å². The van der Waals surface area contributed by atoms with Crippen molar-refractivity contribution in [1.29, 1.82) is 0 Å². The van der Waals surface area contributed by atoms with Crippen LogP contribution in [0.4, 0.5) is 0 Å². The lowest BCUT2D eigenvalue weighted by atomic mass is 9.70. The highest BCUT2D eigenvalue weighted by molar-refractivity contribution is 5.88. The summed E-state index contributed by atoms with van der Waals surface area (Å²) in [5.41, 5.74) is 11.3. The van der Waals surface area contributed by atoms with Crippen LogP contribution in [0, 0.1) is 19.3 Å². The first-order chi connectivity index (χ1) is 15.6. The maximum absolute atomic E-state index is 10.6. The lowest BCUT2D eigenvalue weighted by molar-refractivity contribution is 0.0697. The number of benzene rings is 3. The summed E-state index contributed by atoms with van der Waals surface area (Å²) in [5, 5.41) is 8.75. The van der Waals surface area contributed by atoms with E-state index in [1.165, 1.54) is 33.4 Å². The minimum atomic E-state index is -0.894. The average Bonchev–Trinajstić information content (AvgIpc) is 2.75. The topological polar surface area (TPSA) is 37.3 Å². The zero-order valence-electron chi connectivity index (χ0n) is 20.6. The quantitative estimate of drug-likeness (QED) is 0.445. The van der Waals surface area contributed by atoms with Crippen molar-refractivity contribution in [1.82, 2.24) is 0 Å². The first-order valence-electron chi connectivity index (χ1n) is 11.4. The number of carbonyl (C=O) groups is 1. The molecule has 0 heterocycles. The van der Waals surface area contributed by atoms with Crippen molar-refractivity contribution in [3.05, 3.63) is 112 Å². The van der Waals surface area contributed by atoms with Gasteiger partial charge in [-0.25, -0.2) is 4.79 Å². The Morgan fingerprint density at radius 2 is 1.42 bits per heavy atom. The summed E-state index contributed by atoms with van der Waals surface area (Å²) in [4.78, 5) is 10.6. The van der Waals surface area contributed by atoms with Crippen LogP contribution in [0.1, 0.15) is 61.2 Å².